The second kappa shape index (κ2) is 8.57. The van der Waals surface area contributed by atoms with Gasteiger partial charge in [0.15, 0.2) is 5.69 Å². The summed E-state index contributed by atoms with van der Waals surface area (Å²) in [5.41, 5.74) is 11.0. The maximum atomic E-state index is 13.2. The van der Waals surface area contributed by atoms with Gasteiger partial charge in [0.05, 0.1) is 29.3 Å². The number of alkyl halides is 3. The Balaban J connectivity index is 1.53. The van der Waals surface area contributed by atoms with Gasteiger partial charge in [0.1, 0.15) is 12.1 Å². The molecule has 0 radical (unpaired) electrons. The number of nitrogens with one attached hydrogen (secondary N) is 2. The number of anilines is 3. The van der Waals surface area contributed by atoms with Crippen LogP contribution in [0.5, 0.6) is 0 Å². The molecule has 6 N–H and O–H groups in total. The van der Waals surface area contributed by atoms with Crippen molar-refractivity contribution in [2.75, 3.05) is 16.4 Å². The molecule has 0 bridgehead atoms. The third-order valence-electron chi connectivity index (χ3n) is 4.68. The summed E-state index contributed by atoms with van der Waals surface area (Å²) in [6.45, 7) is 0. The van der Waals surface area contributed by atoms with Crippen LogP contribution in [0.1, 0.15) is 16.1 Å². The summed E-state index contributed by atoms with van der Waals surface area (Å²) in [4.78, 5) is 27.7. The molecule has 3 amide bonds. The van der Waals surface area contributed by atoms with Crippen LogP contribution >= 0.6 is 0 Å². The van der Waals surface area contributed by atoms with Crippen LogP contribution in [0, 0.1) is 0 Å². The number of hydrogen-bond donors (Lipinski definition) is 4. The SMILES string of the molecule is NC(=O)c1ncn(-c2ccc(NC(=O)Nc3cc(C(F)(F)F)ccc3-n3ccnn3)cc2)c1N. The standard InChI is InChI=1S/C20H16F3N9O2/c21-20(22,23)11-1-6-15(32-8-7-27-30-32)14(9-11)29-19(34)28-12-2-4-13(5-3-12)31-10-26-16(17(31)24)18(25)33/h1-10H,24H2,(H2,25,33)(H2,28,29,34). The predicted octanol–water partition coefficient (Wildman–Crippen LogP) is 2.80. The Morgan fingerprint density at radius 2 is 1.76 bits per heavy atom. The number of carbonyl (C=O) groups excluding carboxylic acids is 2. The number of urea groups is 1. The number of benzene rings is 2. The first kappa shape index (κ1) is 22.3. The third kappa shape index (κ3) is 4.50. The van der Waals surface area contributed by atoms with Crippen molar-refractivity contribution in [3.05, 3.63) is 72.4 Å². The minimum atomic E-state index is -4.60. The first-order chi connectivity index (χ1) is 16.1. The largest absolute Gasteiger partial charge is 0.416 e. The van der Waals surface area contributed by atoms with Crippen LogP contribution in [0.25, 0.3) is 11.4 Å². The Bertz CT molecular complexity index is 1350. The highest BCUT2D eigenvalue weighted by molar-refractivity contribution is 6.01. The molecule has 0 aliphatic heterocycles. The number of aromatic nitrogens is 5. The number of primary amides is 1. The summed E-state index contributed by atoms with van der Waals surface area (Å²) in [5, 5.41) is 12.3. The van der Waals surface area contributed by atoms with E-state index in [2.05, 4.69) is 25.9 Å². The molecule has 34 heavy (non-hydrogen) atoms. The molecule has 14 heteroatoms. The van der Waals surface area contributed by atoms with Crippen molar-refractivity contribution in [3.8, 4) is 11.4 Å². The van der Waals surface area contributed by atoms with Gasteiger partial charge in [-0.25, -0.2) is 14.5 Å². The van der Waals surface area contributed by atoms with Crippen molar-refractivity contribution in [2.45, 2.75) is 6.18 Å². The molecule has 11 nitrogen and oxygen atoms in total. The van der Waals surface area contributed by atoms with Crippen LogP contribution in [0.4, 0.5) is 35.2 Å². The van der Waals surface area contributed by atoms with Crippen molar-refractivity contribution in [1.82, 2.24) is 24.5 Å². The molecule has 4 aromatic rings. The van der Waals surface area contributed by atoms with Crippen molar-refractivity contribution in [1.29, 1.82) is 0 Å². The summed E-state index contributed by atoms with van der Waals surface area (Å²) in [6.07, 6.45) is -0.505. The number of nitrogens with zero attached hydrogens (tertiary/aromatic N) is 5. The average molecular weight is 471 g/mol. The lowest BCUT2D eigenvalue weighted by Crippen LogP contribution is -2.21. The number of nitrogens with two attached hydrogens (primary N) is 2. The monoisotopic (exact) mass is 471 g/mol. The van der Waals surface area contributed by atoms with Gasteiger partial charge in [-0.1, -0.05) is 5.21 Å². The van der Waals surface area contributed by atoms with Crippen molar-refractivity contribution < 1.29 is 22.8 Å². The highest BCUT2D eigenvalue weighted by Crippen LogP contribution is 2.33. The molecule has 2 aromatic carbocycles. The van der Waals surface area contributed by atoms with Crippen LogP contribution in [0.2, 0.25) is 0 Å². The van der Waals surface area contributed by atoms with Gasteiger partial charge in [-0.15, -0.1) is 5.10 Å². The zero-order chi connectivity index (χ0) is 24.5. The van der Waals surface area contributed by atoms with E-state index in [0.717, 1.165) is 12.1 Å². The van der Waals surface area contributed by atoms with Crippen molar-refractivity contribution in [3.63, 3.8) is 0 Å². The predicted molar refractivity (Wildman–Crippen MR) is 115 cm³/mol. The van der Waals surface area contributed by atoms with E-state index in [0.29, 0.717) is 11.4 Å². The van der Waals surface area contributed by atoms with Crippen molar-refractivity contribution >= 4 is 29.1 Å². The van der Waals surface area contributed by atoms with Crippen LogP contribution in [-0.4, -0.2) is 36.5 Å². The highest BCUT2D eigenvalue weighted by atomic mass is 19.4. The number of rotatable bonds is 5. The van der Waals surface area contributed by atoms with Gasteiger partial charge in [0.2, 0.25) is 0 Å². The van der Waals surface area contributed by atoms with E-state index in [4.69, 9.17) is 11.5 Å². The fraction of sp³-hybridized carbons (Fsp3) is 0.0500. The first-order valence-corrected chi connectivity index (χ1v) is 9.52. The summed E-state index contributed by atoms with van der Waals surface area (Å²) in [5.74, 6) is -0.720. The molecule has 0 atom stereocenters. The average Bonchev–Trinajstić information content (AvgIpc) is 3.44. The molecule has 0 spiro atoms. The summed E-state index contributed by atoms with van der Waals surface area (Å²) in [7, 11) is 0. The van der Waals surface area contributed by atoms with Gasteiger partial charge >= 0.3 is 12.2 Å². The fourth-order valence-electron chi connectivity index (χ4n) is 3.09. The van der Waals surface area contributed by atoms with Gasteiger partial charge in [0.25, 0.3) is 5.91 Å². The number of amides is 3. The highest BCUT2D eigenvalue weighted by Gasteiger charge is 2.31. The quantitative estimate of drug-likeness (QED) is 0.350. The molecular formula is C20H16F3N9O2. The molecule has 2 heterocycles. The van der Waals surface area contributed by atoms with E-state index < -0.39 is 23.7 Å². The lowest BCUT2D eigenvalue weighted by atomic mass is 10.1. The Labute approximate surface area is 189 Å². The summed E-state index contributed by atoms with van der Waals surface area (Å²) >= 11 is 0. The summed E-state index contributed by atoms with van der Waals surface area (Å²) in [6, 6.07) is 8.31. The molecular weight excluding hydrogens is 455 g/mol. The van der Waals surface area contributed by atoms with E-state index in [-0.39, 0.29) is 22.9 Å². The van der Waals surface area contributed by atoms with E-state index in [1.807, 2.05) is 0 Å². The van der Waals surface area contributed by atoms with Crippen LogP contribution < -0.4 is 22.1 Å². The molecule has 4 rings (SSSR count). The van der Waals surface area contributed by atoms with Gasteiger partial charge in [-0.3, -0.25) is 9.36 Å². The number of hydrogen-bond acceptors (Lipinski definition) is 6. The van der Waals surface area contributed by atoms with E-state index in [1.165, 1.54) is 46.2 Å². The molecule has 0 saturated carbocycles. The van der Waals surface area contributed by atoms with Gasteiger partial charge in [-0.2, -0.15) is 13.2 Å². The lowest BCUT2D eigenvalue weighted by Gasteiger charge is -2.15. The van der Waals surface area contributed by atoms with Crippen molar-refractivity contribution in [2.24, 2.45) is 5.73 Å². The molecule has 0 unspecified atom stereocenters. The third-order valence-corrected chi connectivity index (χ3v) is 4.68. The maximum Gasteiger partial charge on any atom is 0.416 e. The Kier molecular flexibility index (Phi) is 5.63. The van der Waals surface area contributed by atoms with Crippen LogP contribution in [-0.2, 0) is 6.18 Å². The minimum absolute atomic E-state index is 0.0520. The molecule has 0 fully saturated rings. The number of carbonyl (C=O) groups is 2. The van der Waals surface area contributed by atoms with Gasteiger partial charge in [-0.05, 0) is 42.5 Å². The van der Waals surface area contributed by atoms with E-state index >= 15 is 0 Å². The zero-order valence-electron chi connectivity index (χ0n) is 17.1. The van der Waals surface area contributed by atoms with Gasteiger partial charge in [0, 0.05) is 11.4 Å². The Morgan fingerprint density at radius 1 is 1.03 bits per heavy atom. The van der Waals surface area contributed by atoms with Gasteiger partial charge < -0.3 is 22.1 Å². The van der Waals surface area contributed by atoms with Crippen LogP contribution in [0.3, 0.4) is 0 Å². The topological polar surface area (TPSA) is 159 Å². The maximum absolute atomic E-state index is 13.2. The molecule has 2 aromatic heterocycles. The van der Waals surface area contributed by atoms with E-state index in [1.54, 1.807) is 12.1 Å². The molecule has 174 valence electrons. The molecule has 0 saturated heterocycles. The zero-order valence-corrected chi connectivity index (χ0v) is 17.1. The van der Waals surface area contributed by atoms with Crippen LogP contribution in [0.15, 0.2) is 61.2 Å². The molecule has 0 aliphatic carbocycles. The number of halogens is 3. The molecule has 0 aliphatic rings. The fourth-order valence-corrected chi connectivity index (χ4v) is 3.09. The lowest BCUT2D eigenvalue weighted by molar-refractivity contribution is -0.137. The minimum Gasteiger partial charge on any atom is -0.383 e. The second-order valence-electron chi connectivity index (χ2n) is 6.92. The number of imidazole rings is 1. The second-order valence-corrected chi connectivity index (χ2v) is 6.92. The smallest absolute Gasteiger partial charge is 0.383 e. The number of nitrogen functional groups attached to an aromatic ring is 1. The first-order valence-electron chi connectivity index (χ1n) is 9.52. The Hall–Kier alpha value is -4.88. The summed E-state index contributed by atoms with van der Waals surface area (Å²) < 4.78 is 42.2. The normalized spacial score (nSPS) is 11.3. The van der Waals surface area contributed by atoms with E-state index in [9.17, 15) is 22.8 Å². The Morgan fingerprint density at radius 3 is 2.35 bits per heavy atom.